The molecule has 4 N–H and O–H groups in total. The zero-order valence-corrected chi connectivity index (χ0v) is 15.2. The van der Waals surface area contributed by atoms with E-state index in [0.29, 0.717) is 34.1 Å². The summed E-state index contributed by atoms with van der Waals surface area (Å²) in [5.74, 6) is 5.31. The van der Waals surface area contributed by atoms with E-state index in [1.165, 1.54) is 0 Å². The van der Waals surface area contributed by atoms with Gasteiger partial charge in [-0.3, -0.25) is 10.2 Å². The van der Waals surface area contributed by atoms with E-state index < -0.39 is 5.91 Å². The van der Waals surface area contributed by atoms with Crippen molar-refractivity contribution in [3.8, 4) is 11.8 Å². The first-order valence-electron chi connectivity index (χ1n) is 7.98. The van der Waals surface area contributed by atoms with Gasteiger partial charge in [0.15, 0.2) is 0 Å². The lowest BCUT2D eigenvalue weighted by molar-refractivity contribution is 0.0949. The van der Waals surface area contributed by atoms with Crippen LogP contribution < -0.4 is 21.3 Å². The molecule has 0 aliphatic heterocycles. The number of anilines is 1. The third kappa shape index (κ3) is 3.92. The smallest absolute Gasteiger partial charge is 0.283 e. The Bertz CT molecular complexity index is 1060. The number of carbonyl (C=O) groups is 1. The van der Waals surface area contributed by atoms with Crippen molar-refractivity contribution < 1.29 is 9.53 Å². The minimum Gasteiger partial charge on any atom is -0.495 e. The van der Waals surface area contributed by atoms with Crippen molar-refractivity contribution in [3.05, 3.63) is 64.3 Å². The third-order valence-electron chi connectivity index (χ3n) is 4.00. The standard InChI is InChI=1S/C19H16ClN5O2/c1-27-18-5-3-12(7-14(18)20)10-23-16-8-17(19(26)25-22)24-15-4-2-11(9-21)6-13(15)16/h2-8H,10,22H2,1H3,(H,23,24)(H,25,26). The first-order chi connectivity index (χ1) is 13.0. The maximum atomic E-state index is 11.9. The van der Waals surface area contributed by atoms with Crippen LogP contribution in [-0.2, 0) is 6.54 Å². The number of hydrazine groups is 1. The van der Waals surface area contributed by atoms with Gasteiger partial charge in [0.05, 0.1) is 29.3 Å². The molecule has 3 rings (SSSR count). The Morgan fingerprint density at radius 3 is 2.78 bits per heavy atom. The van der Waals surface area contributed by atoms with Gasteiger partial charge in [-0.15, -0.1) is 0 Å². The minimum absolute atomic E-state index is 0.171. The third-order valence-corrected chi connectivity index (χ3v) is 4.30. The van der Waals surface area contributed by atoms with Crippen molar-refractivity contribution in [1.82, 2.24) is 10.4 Å². The fourth-order valence-corrected chi connectivity index (χ4v) is 2.93. The first-order valence-corrected chi connectivity index (χ1v) is 8.35. The van der Waals surface area contributed by atoms with Gasteiger partial charge in [-0.1, -0.05) is 17.7 Å². The number of benzene rings is 2. The van der Waals surface area contributed by atoms with E-state index >= 15 is 0 Å². The molecule has 0 fully saturated rings. The lowest BCUT2D eigenvalue weighted by Crippen LogP contribution is -2.30. The van der Waals surface area contributed by atoms with Gasteiger partial charge < -0.3 is 10.1 Å². The Morgan fingerprint density at radius 2 is 2.11 bits per heavy atom. The van der Waals surface area contributed by atoms with Gasteiger partial charge in [-0.25, -0.2) is 10.8 Å². The van der Waals surface area contributed by atoms with Gasteiger partial charge >= 0.3 is 0 Å². The number of hydrogen-bond donors (Lipinski definition) is 3. The second-order valence-electron chi connectivity index (χ2n) is 5.69. The summed E-state index contributed by atoms with van der Waals surface area (Å²) < 4.78 is 5.15. The predicted octanol–water partition coefficient (Wildman–Crippen LogP) is 2.98. The minimum atomic E-state index is -0.503. The number of halogens is 1. The average molecular weight is 382 g/mol. The molecule has 0 atom stereocenters. The molecule has 1 aromatic heterocycles. The number of ether oxygens (including phenoxy) is 1. The van der Waals surface area contributed by atoms with Crippen molar-refractivity contribution >= 4 is 34.1 Å². The lowest BCUT2D eigenvalue weighted by atomic mass is 10.1. The van der Waals surface area contributed by atoms with Crippen LogP contribution in [0, 0.1) is 11.3 Å². The van der Waals surface area contributed by atoms with Gasteiger partial charge in [0.25, 0.3) is 5.91 Å². The number of carbonyl (C=O) groups excluding carboxylic acids is 1. The highest BCUT2D eigenvalue weighted by molar-refractivity contribution is 6.32. The molecule has 0 radical (unpaired) electrons. The van der Waals surface area contributed by atoms with Gasteiger partial charge in [0, 0.05) is 17.6 Å². The average Bonchev–Trinajstić information content (AvgIpc) is 2.70. The molecule has 0 spiro atoms. The molecule has 8 heteroatoms. The Morgan fingerprint density at radius 1 is 1.30 bits per heavy atom. The highest BCUT2D eigenvalue weighted by Crippen LogP contribution is 2.27. The number of amides is 1. The molecule has 0 saturated carbocycles. The van der Waals surface area contributed by atoms with Crippen LogP contribution in [0.1, 0.15) is 21.6 Å². The van der Waals surface area contributed by atoms with E-state index in [2.05, 4.69) is 21.8 Å². The molecular formula is C19H16ClN5O2. The fraction of sp³-hybridized carbons (Fsp3) is 0.105. The summed E-state index contributed by atoms with van der Waals surface area (Å²) in [5, 5.41) is 13.7. The van der Waals surface area contributed by atoms with E-state index in [1.54, 1.807) is 43.5 Å². The Balaban J connectivity index is 1.99. The predicted molar refractivity (Wildman–Crippen MR) is 103 cm³/mol. The largest absolute Gasteiger partial charge is 0.495 e. The first kappa shape index (κ1) is 18.5. The van der Waals surface area contributed by atoms with Crippen molar-refractivity contribution in [2.24, 2.45) is 5.84 Å². The van der Waals surface area contributed by atoms with Crippen molar-refractivity contribution in [3.63, 3.8) is 0 Å². The van der Waals surface area contributed by atoms with Crippen LogP contribution in [0.5, 0.6) is 5.75 Å². The summed E-state index contributed by atoms with van der Waals surface area (Å²) in [4.78, 5) is 16.2. The number of rotatable bonds is 5. The number of pyridine rings is 1. The fourth-order valence-electron chi connectivity index (χ4n) is 2.65. The zero-order valence-electron chi connectivity index (χ0n) is 14.4. The summed E-state index contributed by atoms with van der Waals surface area (Å²) >= 11 is 6.17. The summed E-state index contributed by atoms with van der Waals surface area (Å²) in [6.45, 7) is 0.448. The van der Waals surface area contributed by atoms with Crippen LogP contribution >= 0.6 is 11.6 Å². The Hall–Kier alpha value is -3.34. The van der Waals surface area contributed by atoms with Crippen LogP contribution in [0.4, 0.5) is 5.69 Å². The number of nitrogens with one attached hydrogen (secondary N) is 2. The molecule has 0 saturated heterocycles. The number of nitrogens with two attached hydrogens (primary N) is 1. The van der Waals surface area contributed by atoms with E-state index in [1.807, 2.05) is 6.07 Å². The number of nitrogen functional groups attached to an aromatic ring is 1. The van der Waals surface area contributed by atoms with Crippen molar-refractivity contribution in [1.29, 1.82) is 5.26 Å². The number of nitrogens with zero attached hydrogens (tertiary/aromatic N) is 2. The van der Waals surface area contributed by atoms with Gasteiger partial charge in [0.2, 0.25) is 0 Å². The molecule has 0 aliphatic carbocycles. The van der Waals surface area contributed by atoms with Gasteiger partial charge in [-0.2, -0.15) is 5.26 Å². The van der Waals surface area contributed by atoms with Crippen LogP contribution in [0.15, 0.2) is 42.5 Å². The molecule has 1 amide bonds. The molecule has 0 bridgehead atoms. The monoisotopic (exact) mass is 381 g/mol. The van der Waals surface area contributed by atoms with E-state index in [4.69, 9.17) is 27.4 Å². The lowest BCUT2D eigenvalue weighted by Gasteiger charge is -2.13. The Labute approximate surface area is 160 Å². The summed E-state index contributed by atoms with van der Waals surface area (Å²) in [6.07, 6.45) is 0. The highest BCUT2D eigenvalue weighted by atomic mass is 35.5. The number of aromatic nitrogens is 1. The molecule has 7 nitrogen and oxygen atoms in total. The molecule has 2 aromatic carbocycles. The molecule has 1 heterocycles. The summed E-state index contributed by atoms with van der Waals surface area (Å²) in [5.41, 5.74) is 4.90. The quantitative estimate of drug-likeness (QED) is 0.355. The number of nitriles is 1. The van der Waals surface area contributed by atoms with Crippen LogP contribution in [-0.4, -0.2) is 18.0 Å². The second kappa shape index (κ2) is 7.91. The van der Waals surface area contributed by atoms with Gasteiger partial charge in [-0.05, 0) is 42.0 Å². The number of fused-ring (bicyclic) bond motifs is 1. The van der Waals surface area contributed by atoms with Crippen molar-refractivity contribution in [2.75, 3.05) is 12.4 Å². The van der Waals surface area contributed by atoms with Crippen molar-refractivity contribution in [2.45, 2.75) is 6.54 Å². The van der Waals surface area contributed by atoms with E-state index in [-0.39, 0.29) is 5.69 Å². The normalized spacial score (nSPS) is 10.3. The number of methoxy groups -OCH3 is 1. The zero-order chi connectivity index (χ0) is 19.4. The molecule has 0 aliphatic rings. The summed E-state index contributed by atoms with van der Waals surface area (Å²) in [6, 6.07) is 14.2. The summed E-state index contributed by atoms with van der Waals surface area (Å²) in [7, 11) is 1.55. The molecule has 27 heavy (non-hydrogen) atoms. The SMILES string of the molecule is COc1ccc(CNc2cc(C(=O)NN)nc3ccc(C#N)cc23)cc1Cl. The van der Waals surface area contributed by atoms with Crippen LogP contribution in [0.25, 0.3) is 10.9 Å². The maximum absolute atomic E-state index is 11.9. The maximum Gasteiger partial charge on any atom is 0.283 e. The topological polar surface area (TPSA) is 113 Å². The van der Waals surface area contributed by atoms with E-state index in [9.17, 15) is 4.79 Å². The van der Waals surface area contributed by atoms with Gasteiger partial charge in [0.1, 0.15) is 11.4 Å². The second-order valence-corrected chi connectivity index (χ2v) is 6.10. The molecular weight excluding hydrogens is 366 g/mol. The Kier molecular flexibility index (Phi) is 5.41. The highest BCUT2D eigenvalue weighted by Gasteiger charge is 2.12. The molecule has 136 valence electrons. The van der Waals surface area contributed by atoms with Crippen LogP contribution in [0.3, 0.4) is 0 Å². The molecule has 0 unspecified atom stereocenters. The number of hydrogen-bond acceptors (Lipinski definition) is 6. The molecule has 3 aromatic rings. The van der Waals surface area contributed by atoms with E-state index in [0.717, 1.165) is 10.9 Å². The van der Waals surface area contributed by atoms with Crippen LogP contribution in [0.2, 0.25) is 5.02 Å².